The van der Waals surface area contributed by atoms with Crippen molar-refractivity contribution in [2.24, 2.45) is 9.98 Å². The minimum absolute atomic E-state index is 0.0707. The van der Waals surface area contributed by atoms with Crippen LogP contribution in [0, 0.1) is 0 Å². The van der Waals surface area contributed by atoms with E-state index in [-0.39, 0.29) is 24.1 Å². The predicted octanol–water partition coefficient (Wildman–Crippen LogP) is 0.815. The zero-order valence-corrected chi connectivity index (χ0v) is 16.4. The Balaban J connectivity index is 1.79. The van der Waals surface area contributed by atoms with Crippen molar-refractivity contribution >= 4 is 28.7 Å². The van der Waals surface area contributed by atoms with Crippen LogP contribution in [-0.4, -0.2) is 58.4 Å². The van der Waals surface area contributed by atoms with E-state index in [0.29, 0.717) is 18.5 Å². The van der Waals surface area contributed by atoms with Crippen LogP contribution in [0.15, 0.2) is 33.5 Å². The lowest BCUT2D eigenvalue weighted by Gasteiger charge is -2.28. The Morgan fingerprint density at radius 2 is 2.19 bits per heavy atom. The third-order valence-corrected chi connectivity index (χ3v) is 5.51. The van der Waals surface area contributed by atoms with E-state index in [0.717, 1.165) is 23.7 Å². The van der Waals surface area contributed by atoms with Gasteiger partial charge in [0.1, 0.15) is 0 Å². The fourth-order valence-corrected chi connectivity index (χ4v) is 4.24. The molecule has 0 radical (unpaired) electrons. The van der Waals surface area contributed by atoms with Crippen LogP contribution in [0.3, 0.4) is 0 Å². The van der Waals surface area contributed by atoms with Gasteiger partial charge in [0.05, 0.1) is 24.9 Å². The maximum atomic E-state index is 12.3. The summed E-state index contributed by atoms with van der Waals surface area (Å²) in [5.41, 5.74) is 2.06. The first-order chi connectivity index (χ1) is 12.3. The van der Waals surface area contributed by atoms with E-state index in [1.54, 1.807) is 6.20 Å². The molecule has 26 heavy (non-hydrogen) atoms. The number of allylic oxidation sites excluding steroid dienone is 1. The van der Waals surface area contributed by atoms with Crippen LogP contribution < -0.4 is 9.44 Å². The Morgan fingerprint density at radius 1 is 1.42 bits per heavy atom. The number of nitrogens with zero attached hydrogens (tertiary/aromatic N) is 3. The largest absolute Gasteiger partial charge is 0.466 e. The SMILES string of the molecule is COC(=O)C1=C2CC(NS(=O)NC(C)(C)C)CN2C(C2=NC=CC2)=NC1. The Labute approximate surface area is 156 Å². The van der Waals surface area contributed by atoms with Crippen molar-refractivity contribution in [1.29, 1.82) is 0 Å². The van der Waals surface area contributed by atoms with Gasteiger partial charge in [-0.1, -0.05) is 6.08 Å². The highest BCUT2D eigenvalue weighted by atomic mass is 32.2. The number of hydrogen-bond donors (Lipinski definition) is 2. The topological polar surface area (TPSA) is 95.4 Å². The van der Waals surface area contributed by atoms with E-state index in [9.17, 15) is 9.00 Å². The molecule has 0 spiro atoms. The number of ether oxygens (including phenoxy) is 1. The highest BCUT2D eigenvalue weighted by Gasteiger charge is 2.38. The molecule has 0 amide bonds. The number of aliphatic imine (C=N–C) groups is 2. The zero-order chi connectivity index (χ0) is 18.9. The Kier molecular flexibility index (Phi) is 5.40. The van der Waals surface area contributed by atoms with Gasteiger partial charge in [0.25, 0.3) is 0 Å². The maximum absolute atomic E-state index is 12.3. The molecule has 8 nitrogen and oxygen atoms in total. The quantitative estimate of drug-likeness (QED) is 0.691. The van der Waals surface area contributed by atoms with E-state index in [4.69, 9.17) is 4.74 Å². The van der Waals surface area contributed by atoms with Gasteiger partial charge in [0, 0.05) is 42.9 Å². The van der Waals surface area contributed by atoms with Crippen molar-refractivity contribution < 1.29 is 13.7 Å². The molecule has 3 rings (SSSR count). The Morgan fingerprint density at radius 3 is 2.81 bits per heavy atom. The third kappa shape index (κ3) is 4.11. The van der Waals surface area contributed by atoms with Crippen LogP contribution in [0.1, 0.15) is 33.6 Å². The molecule has 142 valence electrons. The van der Waals surface area contributed by atoms with Gasteiger partial charge in [0.2, 0.25) is 0 Å². The molecule has 2 N–H and O–H groups in total. The van der Waals surface area contributed by atoms with Crippen LogP contribution in [0.25, 0.3) is 0 Å². The van der Waals surface area contributed by atoms with Crippen molar-refractivity contribution in [3.63, 3.8) is 0 Å². The molecular formula is C17H25N5O3S. The van der Waals surface area contributed by atoms with Crippen LogP contribution in [-0.2, 0) is 20.7 Å². The first kappa shape index (κ1) is 18.9. The molecule has 0 aliphatic carbocycles. The van der Waals surface area contributed by atoms with Crippen LogP contribution in [0.2, 0.25) is 0 Å². The van der Waals surface area contributed by atoms with Crippen LogP contribution in [0.5, 0.6) is 0 Å². The van der Waals surface area contributed by atoms with E-state index in [1.807, 2.05) is 31.7 Å². The molecule has 3 aliphatic heterocycles. The Bertz CT molecular complexity index is 748. The average Bonchev–Trinajstić information content (AvgIpc) is 3.20. The van der Waals surface area contributed by atoms with Gasteiger partial charge in [-0.3, -0.25) is 9.98 Å². The lowest BCUT2D eigenvalue weighted by atomic mass is 10.1. The summed E-state index contributed by atoms with van der Waals surface area (Å²) in [6.07, 6.45) is 5.06. The van der Waals surface area contributed by atoms with Crippen LogP contribution >= 0.6 is 0 Å². The number of fused-ring (bicyclic) bond motifs is 1. The molecule has 0 aromatic rings. The fraction of sp³-hybridized carbons (Fsp3) is 0.588. The molecule has 1 fully saturated rings. The third-order valence-electron chi connectivity index (χ3n) is 4.17. The summed E-state index contributed by atoms with van der Waals surface area (Å²) < 4.78 is 23.4. The van der Waals surface area contributed by atoms with Gasteiger partial charge in [-0.15, -0.1) is 0 Å². The monoisotopic (exact) mass is 379 g/mol. The second kappa shape index (κ2) is 7.42. The van der Waals surface area contributed by atoms with Gasteiger partial charge in [0.15, 0.2) is 17.0 Å². The van der Waals surface area contributed by atoms with Gasteiger partial charge in [-0.25, -0.2) is 18.4 Å². The number of hydrogen-bond acceptors (Lipinski definition) is 6. The number of nitrogens with one attached hydrogen (secondary N) is 2. The van der Waals surface area contributed by atoms with E-state index in [1.165, 1.54) is 7.11 Å². The number of rotatable bonds is 5. The molecule has 0 bridgehead atoms. The maximum Gasteiger partial charge on any atom is 0.337 e. The highest BCUT2D eigenvalue weighted by Crippen LogP contribution is 2.30. The standard InChI is InChI=1S/C17H25N5O3S/c1-17(2,3)21-26(24)20-11-8-14-12(16(23)25-4)9-19-15(22(14)10-11)13-6-5-7-18-13/h5,7,11,20-21H,6,8-10H2,1-4H3. The summed E-state index contributed by atoms with van der Waals surface area (Å²) >= 11 is -1.38. The summed E-state index contributed by atoms with van der Waals surface area (Å²) in [6.45, 7) is 6.73. The van der Waals surface area contributed by atoms with E-state index >= 15 is 0 Å². The number of esters is 1. The minimum Gasteiger partial charge on any atom is -0.466 e. The Hall–Kier alpha value is -1.84. The second-order valence-electron chi connectivity index (χ2n) is 7.47. The zero-order valence-electron chi connectivity index (χ0n) is 15.5. The average molecular weight is 379 g/mol. The molecule has 2 unspecified atom stereocenters. The fourth-order valence-electron chi connectivity index (χ4n) is 3.17. The van der Waals surface area contributed by atoms with Crippen molar-refractivity contribution in [2.45, 2.75) is 45.2 Å². The summed E-state index contributed by atoms with van der Waals surface area (Å²) in [5.74, 6) is 0.422. The second-order valence-corrected chi connectivity index (χ2v) is 8.45. The molecule has 3 heterocycles. The van der Waals surface area contributed by atoms with Gasteiger partial charge in [-0.2, -0.15) is 0 Å². The van der Waals surface area contributed by atoms with Crippen molar-refractivity contribution in [2.75, 3.05) is 20.2 Å². The smallest absolute Gasteiger partial charge is 0.337 e. The normalized spacial score (nSPS) is 23.7. The molecule has 1 saturated heterocycles. The summed E-state index contributed by atoms with van der Waals surface area (Å²) in [5, 5.41) is 0. The van der Waals surface area contributed by atoms with Gasteiger partial charge in [-0.05, 0) is 20.8 Å². The number of carbonyl (C=O) groups excluding carboxylic acids is 1. The van der Waals surface area contributed by atoms with Gasteiger partial charge >= 0.3 is 5.97 Å². The lowest BCUT2D eigenvalue weighted by molar-refractivity contribution is -0.136. The lowest BCUT2D eigenvalue weighted by Crippen LogP contribution is -2.47. The van der Waals surface area contributed by atoms with Crippen LogP contribution in [0.4, 0.5) is 0 Å². The molecule has 0 saturated carbocycles. The molecular weight excluding hydrogens is 354 g/mol. The van der Waals surface area contributed by atoms with E-state index < -0.39 is 11.2 Å². The number of methoxy groups -OCH3 is 1. The minimum atomic E-state index is -1.38. The predicted molar refractivity (Wildman–Crippen MR) is 102 cm³/mol. The number of amidine groups is 1. The van der Waals surface area contributed by atoms with Crippen molar-refractivity contribution in [1.82, 2.24) is 14.3 Å². The summed E-state index contributed by atoms with van der Waals surface area (Å²) in [7, 11) is 1.37. The van der Waals surface area contributed by atoms with Crippen molar-refractivity contribution in [3.8, 4) is 0 Å². The summed E-state index contributed by atoms with van der Waals surface area (Å²) in [4.78, 5) is 23.1. The molecule has 9 heteroatoms. The highest BCUT2D eigenvalue weighted by molar-refractivity contribution is 7.81. The first-order valence-corrected chi connectivity index (χ1v) is 9.73. The molecule has 3 aliphatic rings. The van der Waals surface area contributed by atoms with E-state index in [2.05, 4.69) is 19.4 Å². The first-order valence-electron chi connectivity index (χ1n) is 8.58. The van der Waals surface area contributed by atoms with Gasteiger partial charge < -0.3 is 9.64 Å². The molecule has 0 aromatic carbocycles. The molecule has 2 atom stereocenters. The summed E-state index contributed by atoms with van der Waals surface area (Å²) in [6, 6.07) is -0.0707. The number of carbonyl (C=O) groups is 1. The van der Waals surface area contributed by atoms with Crippen molar-refractivity contribution in [3.05, 3.63) is 23.5 Å². The molecule has 0 aromatic heterocycles.